The van der Waals surface area contributed by atoms with Crippen LogP contribution in [-0.2, 0) is 6.42 Å². The van der Waals surface area contributed by atoms with Gasteiger partial charge in [0.05, 0.1) is 10.7 Å². The second-order valence-corrected chi connectivity index (χ2v) is 6.34. The molecule has 0 radical (unpaired) electrons. The van der Waals surface area contributed by atoms with Crippen LogP contribution in [0.25, 0.3) is 11.3 Å². The Morgan fingerprint density at radius 3 is 3.00 bits per heavy atom. The summed E-state index contributed by atoms with van der Waals surface area (Å²) in [4.78, 5) is 4.72. The fourth-order valence-electron chi connectivity index (χ4n) is 2.43. The average Bonchev–Trinajstić information content (AvgIpc) is 3.18. The molecule has 2 heterocycles. The maximum absolute atomic E-state index is 5.42. The number of thiazole rings is 1. The van der Waals surface area contributed by atoms with Gasteiger partial charge in [0, 0.05) is 23.9 Å². The van der Waals surface area contributed by atoms with Crippen molar-refractivity contribution in [2.24, 2.45) is 0 Å². The number of aromatic nitrogens is 1. The number of hydrogen-bond donors (Lipinski definition) is 1. The highest BCUT2D eigenvalue weighted by atomic mass is 32.1. The van der Waals surface area contributed by atoms with Crippen LogP contribution in [0.5, 0.6) is 11.5 Å². The monoisotopic (exact) mass is 318 g/mol. The Bertz CT molecular complexity index is 612. The highest BCUT2D eigenvalue weighted by Gasteiger charge is 2.14. The molecule has 0 amide bonds. The van der Waals surface area contributed by atoms with Gasteiger partial charge >= 0.3 is 0 Å². The van der Waals surface area contributed by atoms with Crippen molar-refractivity contribution in [3.63, 3.8) is 0 Å². The molecule has 1 N–H and O–H groups in total. The van der Waals surface area contributed by atoms with Crippen LogP contribution in [0.15, 0.2) is 23.6 Å². The zero-order valence-electron chi connectivity index (χ0n) is 12.9. The first-order valence-corrected chi connectivity index (χ1v) is 8.80. The van der Waals surface area contributed by atoms with Gasteiger partial charge in [-0.25, -0.2) is 4.98 Å². The largest absolute Gasteiger partial charge is 0.454 e. The van der Waals surface area contributed by atoms with Gasteiger partial charge in [0.2, 0.25) is 6.79 Å². The lowest BCUT2D eigenvalue weighted by Crippen LogP contribution is -2.18. The number of benzene rings is 1. The van der Waals surface area contributed by atoms with Crippen LogP contribution in [0.1, 0.15) is 31.2 Å². The summed E-state index contributed by atoms with van der Waals surface area (Å²) >= 11 is 1.72. The molecule has 4 nitrogen and oxygen atoms in total. The van der Waals surface area contributed by atoms with E-state index >= 15 is 0 Å². The van der Waals surface area contributed by atoms with Gasteiger partial charge in [0.15, 0.2) is 11.5 Å². The Balaban J connectivity index is 1.53. The van der Waals surface area contributed by atoms with E-state index in [0.29, 0.717) is 6.79 Å². The molecule has 0 bridgehead atoms. The number of hydrogen-bond acceptors (Lipinski definition) is 5. The van der Waals surface area contributed by atoms with Crippen LogP contribution in [0.4, 0.5) is 0 Å². The van der Waals surface area contributed by atoms with Gasteiger partial charge in [-0.3, -0.25) is 0 Å². The van der Waals surface area contributed by atoms with Gasteiger partial charge in [-0.05, 0) is 31.2 Å². The Kier molecular flexibility index (Phi) is 5.29. The molecule has 2 aromatic rings. The molecule has 0 saturated carbocycles. The third kappa shape index (κ3) is 3.78. The normalized spacial score (nSPS) is 12.8. The fourth-order valence-corrected chi connectivity index (χ4v) is 3.24. The molecule has 1 aromatic heterocycles. The molecule has 1 aromatic carbocycles. The fraction of sp³-hybridized carbons (Fsp3) is 0.471. The van der Waals surface area contributed by atoms with E-state index in [1.54, 1.807) is 11.3 Å². The predicted octanol–water partition coefficient (Wildman–Crippen LogP) is 3.86. The number of ether oxygens (including phenoxy) is 2. The molecule has 22 heavy (non-hydrogen) atoms. The van der Waals surface area contributed by atoms with Gasteiger partial charge in [-0.15, -0.1) is 11.3 Å². The molecule has 0 saturated heterocycles. The minimum absolute atomic E-state index is 0.310. The molecule has 0 unspecified atom stereocenters. The Hall–Kier alpha value is -1.59. The minimum Gasteiger partial charge on any atom is -0.454 e. The summed E-state index contributed by atoms with van der Waals surface area (Å²) < 4.78 is 10.8. The van der Waals surface area contributed by atoms with Crippen molar-refractivity contribution < 1.29 is 9.47 Å². The van der Waals surface area contributed by atoms with Gasteiger partial charge in [-0.2, -0.15) is 0 Å². The van der Waals surface area contributed by atoms with Gasteiger partial charge in [0.25, 0.3) is 0 Å². The summed E-state index contributed by atoms with van der Waals surface area (Å²) in [5.74, 6) is 1.63. The molecule has 0 fully saturated rings. The molecule has 0 spiro atoms. The molecule has 118 valence electrons. The maximum atomic E-state index is 5.42. The summed E-state index contributed by atoms with van der Waals surface area (Å²) in [5.41, 5.74) is 2.10. The first-order chi connectivity index (χ1) is 10.9. The minimum atomic E-state index is 0.310. The number of unbranched alkanes of at least 4 members (excludes halogenated alkanes) is 2. The Morgan fingerprint density at radius 2 is 2.09 bits per heavy atom. The molecule has 0 atom stereocenters. The van der Waals surface area contributed by atoms with Gasteiger partial charge in [0.1, 0.15) is 0 Å². The van der Waals surface area contributed by atoms with Crippen molar-refractivity contribution in [3.05, 3.63) is 28.6 Å². The van der Waals surface area contributed by atoms with Crippen LogP contribution in [0.2, 0.25) is 0 Å². The summed E-state index contributed by atoms with van der Waals surface area (Å²) in [5, 5.41) is 6.77. The summed E-state index contributed by atoms with van der Waals surface area (Å²) in [6, 6.07) is 5.99. The van der Waals surface area contributed by atoms with Crippen LogP contribution < -0.4 is 14.8 Å². The molecule has 3 rings (SSSR count). The number of nitrogens with zero attached hydrogens (tertiary/aromatic N) is 1. The van der Waals surface area contributed by atoms with E-state index in [0.717, 1.165) is 42.3 Å². The third-order valence-corrected chi connectivity index (χ3v) is 4.60. The number of nitrogens with one attached hydrogen (secondary N) is 1. The highest BCUT2D eigenvalue weighted by Crippen LogP contribution is 2.36. The van der Waals surface area contributed by atoms with Gasteiger partial charge < -0.3 is 14.8 Å². The second kappa shape index (κ2) is 7.61. The SMILES string of the molecule is CCCCCNCCc1nc(-c2ccc3c(c2)OCO3)cs1. The lowest BCUT2D eigenvalue weighted by molar-refractivity contribution is 0.174. The zero-order chi connectivity index (χ0) is 15.2. The molecule has 0 aliphatic carbocycles. The highest BCUT2D eigenvalue weighted by molar-refractivity contribution is 7.09. The summed E-state index contributed by atoms with van der Waals surface area (Å²) in [7, 11) is 0. The van der Waals surface area contributed by atoms with Crippen LogP contribution in [-0.4, -0.2) is 24.9 Å². The molecule has 1 aliphatic rings. The van der Waals surface area contributed by atoms with E-state index < -0.39 is 0 Å². The standard InChI is InChI=1S/C17H22N2O2S/c1-2-3-4-8-18-9-7-17-19-14(11-22-17)13-5-6-15-16(10-13)21-12-20-15/h5-6,10-11,18H,2-4,7-9,12H2,1H3. The van der Waals surface area contributed by atoms with E-state index in [1.807, 2.05) is 18.2 Å². The van der Waals surface area contributed by atoms with E-state index in [1.165, 1.54) is 24.3 Å². The van der Waals surface area contributed by atoms with Crippen LogP contribution >= 0.6 is 11.3 Å². The number of fused-ring (bicyclic) bond motifs is 1. The number of rotatable bonds is 8. The molecule has 1 aliphatic heterocycles. The van der Waals surface area contributed by atoms with Crippen LogP contribution in [0, 0.1) is 0 Å². The van der Waals surface area contributed by atoms with Crippen LogP contribution in [0.3, 0.4) is 0 Å². The topological polar surface area (TPSA) is 43.4 Å². The van der Waals surface area contributed by atoms with E-state index in [9.17, 15) is 0 Å². The zero-order valence-corrected chi connectivity index (χ0v) is 13.7. The third-order valence-electron chi connectivity index (χ3n) is 3.69. The maximum Gasteiger partial charge on any atom is 0.231 e. The molecule has 5 heteroatoms. The summed E-state index contributed by atoms with van der Waals surface area (Å²) in [6.45, 7) is 4.64. The first-order valence-electron chi connectivity index (χ1n) is 7.92. The second-order valence-electron chi connectivity index (χ2n) is 5.40. The van der Waals surface area contributed by atoms with Crippen molar-refractivity contribution in [2.45, 2.75) is 32.6 Å². The Labute approximate surface area is 135 Å². The van der Waals surface area contributed by atoms with Crippen molar-refractivity contribution in [2.75, 3.05) is 19.9 Å². The molecular weight excluding hydrogens is 296 g/mol. The lowest BCUT2D eigenvalue weighted by atomic mass is 10.1. The van der Waals surface area contributed by atoms with Crippen molar-refractivity contribution in [1.29, 1.82) is 0 Å². The summed E-state index contributed by atoms with van der Waals surface area (Å²) in [6.07, 6.45) is 4.82. The predicted molar refractivity (Wildman–Crippen MR) is 89.8 cm³/mol. The van der Waals surface area contributed by atoms with E-state index in [4.69, 9.17) is 14.5 Å². The Morgan fingerprint density at radius 1 is 1.18 bits per heavy atom. The van der Waals surface area contributed by atoms with Crippen molar-refractivity contribution in [1.82, 2.24) is 10.3 Å². The average molecular weight is 318 g/mol. The van der Waals surface area contributed by atoms with E-state index in [2.05, 4.69) is 17.6 Å². The lowest BCUT2D eigenvalue weighted by Gasteiger charge is -2.02. The quantitative estimate of drug-likeness (QED) is 0.751. The van der Waals surface area contributed by atoms with Crippen molar-refractivity contribution in [3.8, 4) is 22.8 Å². The van der Waals surface area contributed by atoms with Gasteiger partial charge in [-0.1, -0.05) is 19.8 Å². The van der Waals surface area contributed by atoms with E-state index in [-0.39, 0.29) is 0 Å². The first kappa shape index (κ1) is 15.3. The molecular formula is C17H22N2O2S. The van der Waals surface area contributed by atoms with Crippen molar-refractivity contribution >= 4 is 11.3 Å². The smallest absolute Gasteiger partial charge is 0.231 e.